The van der Waals surface area contributed by atoms with E-state index in [9.17, 15) is 14.0 Å². The number of nitrogens with one attached hydrogen (secondary N) is 1. The van der Waals surface area contributed by atoms with Gasteiger partial charge in [-0.05, 0) is 53.0 Å². The fourth-order valence-corrected chi connectivity index (χ4v) is 4.24. The summed E-state index contributed by atoms with van der Waals surface area (Å²) in [6, 6.07) is -0.123. The smallest absolute Gasteiger partial charge is 0.271 e. The zero-order valence-electron chi connectivity index (χ0n) is 11.5. The van der Waals surface area contributed by atoms with Crippen LogP contribution < -0.4 is 10.5 Å². The third kappa shape index (κ3) is 2.14. The van der Waals surface area contributed by atoms with Crippen molar-refractivity contribution in [1.82, 2.24) is 4.37 Å². The van der Waals surface area contributed by atoms with Crippen LogP contribution in [-0.2, 0) is 0 Å². The summed E-state index contributed by atoms with van der Waals surface area (Å²) in [5.41, 5.74) is -0.216. The largest absolute Gasteiger partial charge is 0.351 e. The van der Waals surface area contributed by atoms with Crippen molar-refractivity contribution in [3.63, 3.8) is 0 Å². The minimum atomic E-state index is -0.650. The van der Waals surface area contributed by atoms with Crippen LogP contribution in [0.25, 0.3) is 0 Å². The molecule has 3 rings (SSSR count). The van der Waals surface area contributed by atoms with E-state index in [1.807, 2.05) is 18.7 Å². The number of hydrogen-bond acceptors (Lipinski definition) is 4. The van der Waals surface area contributed by atoms with Gasteiger partial charge in [0.05, 0.1) is 16.4 Å². The van der Waals surface area contributed by atoms with Gasteiger partial charge >= 0.3 is 0 Å². The number of aromatic amines is 1. The van der Waals surface area contributed by atoms with Crippen LogP contribution in [-0.4, -0.2) is 22.2 Å². The molecule has 0 spiro atoms. The van der Waals surface area contributed by atoms with E-state index in [4.69, 9.17) is 0 Å². The van der Waals surface area contributed by atoms with Gasteiger partial charge in [-0.3, -0.25) is 14.0 Å². The minimum Gasteiger partial charge on any atom is -0.351 e. The van der Waals surface area contributed by atoms with Crippen LogP contribution >= 0.6 is 27.5 Å². The molecule has 7 heteroatoms. The first kappa shape index (κ1) is 14.7. The van der Waals surface area contributed by atoms with Crippen molar-refractivity contribution in [2.45, 2.75) is 32.4 Å². The minimum absolute atomic E-state index is 0.141. The van der Waals surface area contributed by atoms with E-state index >= 15 is 0 Å². The number of carbonyl (C=O) groups is 1. The molecule has 2 aliphatic rings. The number of carbonyl (C=O) groups excluding carboxylic acids is 1. The summed E-state index contributed by atoms with van der Waals surface area (Å²) < 4.78 is 16.8. The molecule has 1 N–H and O–H groups in total. The molecule has 0 amide bonds. The summed E-state index contributed by atoms with van der Waals surface area (Å²) in [6.07, 6.45) is 3.89. The predicted molar refractivity (Wildman–Crippen MR) is 85.0 cm³/mol. The maximum absolute atomic E-state index is 13.8. The first-order valence-electron chi connectivity index (χ1n) is 6.74. The molecule has 3 atom stereocenters. The van der Waals surface area contributed by atoms with Gasteiger partial charge in [0.15, 0.2) is 5.78 Å². The molecule has 1 aliphatic heterocycles. The van der Waals surface area contributed by atoms with Gasteiger partial charge < -0.3 is 4.90 Å². The molecule has 2 heterocycles. The maximum atomic E-state index is 13.8. The van der Waals surface area contributed by atoms with Crippen molar-refractivity contribution in [2.24, 2.45) is 5.92 Å². The first-order valence-corrected chi connectivity index (χ1v) is 8.35. The highest BCUT2D eigenvalue weighted by molar-refractivity contribution is 9.11. The lowest BCUT2D eigenvalue weighted by atomic mass is 9.83. The topological polar surface area (TPSA) is 53.2 Å². The molecule has 1 aromatic rings. The summed E-state index contributed by atoms with van der Waals surface area (Å²) in [6.45, 7) is 4.08. The first-order chi connectivity index (χ1) is 9.95. The number of fused-ring (bicyclic) bond motifs is 2. The average Bonchev–Trinajstić information content (AvgIpc) is 2.83. The Balaban J connectivity index is 2.21. The number of anilines is 1. The van der Waals surface area contributed by atoms with E-state index in [1.54, 1.807) is 6.08 Å². The summed E-state index contributed by atoms with van der Waals surface area (Å²) in [5, 5.41) is 0.660. The van der Waals surface area contributed by atoms with Crippen LogP contribution in [0.15, 0.2) is 27.3 Å². The second kappa shape index (κ2) is 5.21. The Bertz CT molecular complexity index is 721. The summed E-state index contributed by atoms with van der Waals surface area (Å²) in [5.74, 6) is -1.41. The third-order valence-corrected chi connectivity index (χ3v) is 5.63. The molecule has 0 aromatic carbocycles. The highest BCUT2D eigenvalue weighted by Crippen LogP contribution is 2.42. The number of H-pyrrole nitrogens is 1. The van der Waals surface area contributed by atoms with E-state index in [0.29, 0.717) is 9.48 Å². The van der Waals surface area contributed by atoms with E-state index in [1.165, 1.54) is 17.6 Å². The molecule has 0 saturated heterocycles. The highest BCUT2D eigenvalue weighted by Gasteiger charge is 2.44. The molecule has 4 nitrogen and oxygen atoms in total. The van der Waals surface area contributed by atoms with Crippen LogP contribution in [0.1, 0.15) is 30.6 Å². The highest BCUT2D eigenvalue weighted by atomic mass is 79.9. The van der Waals surface area contributed by atoms with Crippen LogP contribution in [0.2, 0.25) is 0 Å². The van der Waals surface area contributed by atoms with E-state index in [2.05, 4.69) is 20.3 Å². The number of halogens is 2. The van der Waals surface area contributed by atoms with Gasteiger partial charge in [0.2, 0.25) is 0 Å². The van der Waals surface area contributed by atoms with Crippen LogP contribution in [0.3, 0.4) is 0 Å². The lowest BCUT2D eigenvalue weighted by Gasteiger charge is -2.43. The van der Waals surface area contributed by atoms with Crippen molar-refractivity contribution < 1.29 is 9.18 Å². The Morgan fingerprint density at radius 2 is 2.19 bits per heavy atom. The SMILES string of the molecule is CCC(C)N1c2s[nH]c(=O)c2C(=O)C2C=C(F)C(Br)=CC21. The number of aromatic nitrogens is 1. The summed E-state index contributed by atoms with van der Waals surface area (Å²) >= 11 is 4.37. The third-order valence-electron chi connectivity index (χ3n) is 4.09. The number of Topliss-reactive ketones (excluding diaryl/α,β-unsaturated/α-hetero) is 1. The Kier molecular flexibility index (Phi) is 3.65. The maximum Gasteiger partial charge on any atom is 0.271 e. The molecule has 1 aromatic heterocycles. The second-order valence-corrected chi connectivity index (χ2v) is 6.94. The van der Waals surface area contributed by atoms with Crippen molar-refractivity contribution in [3.05, 3.63) is 38.4 Å². The zero-order valence-corrected chi connectivity index (χ0v) is 13.9. The van der Waals surface area contributed by atoms with E-state index < -0.39 is 11.7 Å². The molecule has 1 aliphatic carbocycles. The van der Waals surface area contributed by atoms with Crippen molar-refractivity contribution in [3.8, 4) is 0 Å². The lowest BCUT2D eigenvalue weighted by molar-refractivity contribution is 0.0924. The normalized spacial score (nSPS) is 25.9. The van der Waals surface area contributed by atoms with Crippen molar-refractivity contribution >= 4 is 38.2 Å². The number of allylic oxidation sites excluding steroid dienone is 2. The fourth-order valence-electron chi connectivity index (χ4n) is 2.84. The lowest BCUT2D eigenvalue weighted by Crippen LogP contribution is -2.51. The molecule has 21 heavy (non-hydrogen) atoms. The molecule has 0 radical (unpaired) electrons. The quantitative estimate of drug-likeness (QED) is 0.865. The number of nitrogens with zero attached hydrogens (tertiary/aromatic N) is 1. The molecule has 0 saturated carbocycles. The number of hydrogen-bond donors (Lipinski definition) is 1. The predicted octanol–water partition coefficient (Wildman–Crippen LogP) is 3.37. The fraction of sp³-hybridized carbons (Fsp3) is 0.429. The number of rotatable bonds is 2. The van der Waals surface area contributed by atoms with Gasteiger partial charge in [-0.15, -0.1) is 0 Å². The second-order valence-electron chi connectivity index (χ2n) is 5.29. The molecule has 0 bridgehead atoms. The Hall–Kier alpha value is -1.21. The van der Waals surface area contributed by atoms with Gasteiger partial charge in [0, 0.05) is 6.04 Å². The molecule has 3 unspecified atom stereocenters. The van der Waals surface area contributed by atoms with E-state index in [-0.39, 0.29) is 29.0 Å². The number of ketones is 1. The Morgan fingerprint density at radius 1 is 1.48 bits per heavy atom. The van der Waals surface area contributed by atoms with Crippen LogP contribution in [0.4, 0.5) is 9.39 Å². The summed E-state index contributed by atoms with van der Waals surface area (Å²) in [4.78, 5) is 26.5. The van der Waals surface area contributed by atoms with E-state index in [0.717, 1.165) is 6.42 Å². The van der Waals surface area contributed by atoms with Crippen molar-refractivity contribution in [1.29, 1.82) is 0 Å². The monoisotopic (exact) mass is 372 g/mol. The van der Waals surface area contributed by atoms with Gasteiger partial charge in [-0.2, -0.15) is 0 Å². The Labute approximate surface area is 133 Å². The van der Waals surface area contributed by atoms with Crippen LogP contribution in [0.5, 0.6) is 0 Å². The molecule has 0 fully saturated rings. The molecule has 112 valence electrons. The standard InChI is InChI=1S/C14H14BrFN2O2S/c1-3-6(2)18-10-5-8(15)9(16)4-7(10)12(19)11-13(20)17-21-14(11)18/h4-7,10H,3H2,1-2H3,(H,17,20). The van der Waals surface area contributed by atoms with Crippen LogP contribution in [0, 0.1) is 5.92 Å². The average molecular weight is 373 g/mol. The zero-order chi connectivity index (χ0) is 15.3. The summed E-state index contributed by atoms with van der Waals surface area (Å²) in [7, 11) is 0. The van der Waals surface area contributed by atoms with Gasteiger partial charge in [-0.1, -0.05) is 6.92 Å². The van der Waals surface area contributed by atoms with Gasteiger partial charge in [0.1, 0.15) is 16.4 Å². The van der Waals surface area contributed by atoms with Gasteiger partial charge in [-0.25, -0.2) is 4.39 Å². The van der Waals surface area contributed by atoms with Crippen molar-refractivity contribution in [2.75, 3.05) is 4.90 Å². The molecular weight excluding hydrogens is 359 g/mol. The Morgan fingerprint density at radius 3 is 2.86 bits per heavy atom. The molecular formula is C14H14BrFN2O2S. The van der Waals surface area contributed by atoms with Gasteiger partial charge in [0.25, 0.3) is 5.56 Å².